The monoisotopic (exact) mass is 424 g/mol. The summed E-state index contributed by atoms with van der Waals surface area (Å²) in [4.78, 5) is 12.1. The van der Waals surface area contributed by atoms with Crippen molar-refractivity contribution < 1.29 is 9.21 Å². The summed E-state index contributed by atoms with van der Waals surface area (Å²) in [6.07, 6.45) is 2.97. The first-order valence-corrected chi connectivity index (χ1v) is 9.95. The number of hydrogen-bond donors (Lipinski definition) is 2. The van der Waals surface area contributed by atoms with Crippen LogP contribution in [0.1, 0.15) is 31.1 Å². The van der Waals surface area contributed by atoms with Gasteiger partial charge >= 0.3 is 0 Å². The van der Waals surface area contributed by atoms with Crippen LogP contribution in [0.25, 0.3) is 17.4 Å². The summed E-state index contributed by atoms with van der Waals surface area (Å²) in [7, 11) is 0. The van der Waals surface area contributed by atoms with E-state index in [4.69, 9.17) is 28.2 Å². The molecule has 4 nitrogen and oxygen atoms in total. The molecule has 0 bridgehead atoms. The largest absolute Gasteiger partial charge is 0.457 e. The Morgan fingerprint density at radius 1 is 1.03 bits per heavy atom. The lowest BCUT2D eigenvalue weighted by molar-refractivity contribution is -0.115. The molecule has 0 atom stereocenters. The Hall–Kier alpha value is -2.89. The van der Waals surface area contributed by atoms with Crippen LogP contribution in [0.15, 0.2) is 71.2 Å². The van der Waals surface area contributed by atoms with E-state index < -0.39 is 0 Å². The minimum absolute atomic E-state index is 0.234. The van der Waals surface area contributed by atoms with Crippen molar-refractivity contribution in [1.29, 1.82) is 0 Å². The average molecular weight is 425 g/mol. The second-order valence-corrected chi connectivity index (χ2v) is 7.61. The molecule has 0 spiro atoms. The van der Waals surface area contributed by atoms with Crippen molar-refractivity contribution in [1.82, 2.24) is 5.32 Å². The molecule has 1 amide bonds. The van der Waals surface area contributed by atoms with Crippen molar-refractivity contribution in [3.05, 3.63) is 83.1 Å². The van der Waals surface area contributed by atoms with Crippen LogP contribution >= 0.6 is 23.8 Å². The molecule has 0 aliphatic rings. The van der Waals surface area contributed by atoms with Gasteiger partial charge in [-0.15, -0.1) is 0 Å². The maximum absolute atomic E-state index is 12.1. The molecular formula is C23H21ClN2O2S. The van der Waals surface area contributed by atoms with E-state index in [1.807, 2.05) is 42.5 Å². The van der Waals surface area contributed by atoms with Crippen LogP contribution < -0.4 is 10.6 Å². The van der Waals surface area contributed by atoms with Gasteiger partial charge in [0.1, 0.15) is 11.5 Å². The molecule has 0 radical (unpaired) electrons. The van der Waals surface area contributed by atoms with Gasteiger partial charge in [0.05, 0.1) is 0 Å². The number of halogens is 1. The summed E-state index contributed by atoms with van der Waals surface area (Å²) < 4.78 is 5.73. The number of benzene rings is 2. The third kappa shape index (κ3) is 6.04. The number of rotatable bonds is 5. The van der Waals surface area contributed by atoms with Crippen LogP contribution in [0.2, 0.25) is 5.02 Å². The Labute approximate surface area is 180 Å². The van der Waals surface area contributed by atoms with Crippen molar-refractivity contribution in [2.45, 2.75) is 19.8 Å². The van der Waals surface area contributed by atoms with E-state index >= 15 is 0 Å². The lowest BCUT2D eigenvalue weighted by Crippen LogP contribution is -2.32. The smallest absolute Gasteiger partial charge is 0.250 e. The minimum Gasteiger partial charge on any atom is -0.457 e. The lowest BCUT2D eigenvalue weighted by Gasteiger charge is -2.10. The predicted octanol–water partition coefficient (Wildman–Crippen LogP) is 6.25. The number of thiocarbonyl (C=S) groups is 1. The molecule has 0 aliphatic heterocycles. The molecule has 148 valence electrons. The fourth-order valence-electron chi connectivity index (χ4n) is 2.64. The van der Waals surface area contributed by atoms with Gasteiger partial charge in [-0.05, 0) is 78.3 Å². The third-order valence-corrected chi connectivity index (χ3v) is 4.68. The van der Waals surface area contributed by atoms with Crippen molar-refractivity contribution in [3.8, 4) is 11.3 Å². The Balaban J connectivity index is 1.54. The van der Waals surface area contributed by atoms with Crippen LogP contribution in [-0.4, -0.2) is 11.0 Å². The summed E-state index contributed by atoms with van der Waals surface area (Å²) in [5.41, 5.74) is 2.97. The number of furan rings is 1. The molecule has 0 aliphatic carbocycles. The van der Waals surface area contributed by atoms with E-state index in [0.717, 1.165) is 11.3 Å². The zero-order chi connectivity index (χ0) is 20.8. The molecule has 1 aromatic heterocycles. The van der Waals surface area contributed by atoms with Crippen LogP contribution in [0.5, 0.6) is 0 Å². The first kappa shape index (κ1) is 20.8. The summed E-state index contributed by atoms with van der Waals surface area (Å²) >= 11 is 11.1. The number of carbonyl (C=O) groups is 1. The summed E-state index contributed by atoms with van der Waals surface area (Å²) in [6, 6.07) is 18.9. The van der Waals surface area contributed by atoms with Gasteiger partial charge in [-0.1, -0.05) is 37.6 Å². The maximum atomic E-state index is 12.1. The summed E-state index contributed by atoms with van der Waals surface area (Å²) in [5.74, 6) is 1.38. The number of hydrogen-bond acceptors (Lipinski definition) is 3. The van der Waals surface area contributed by atoms with Crippen LogP contribution in [-0.2, 0) is 4.79 Å². The molecule has 2 aromatic carbocycles. The Morgan fingerprint density at radius 3 is 2.38 bits per heavy atom. The quantitative estimate of drug-likeness (QED) is 0.375. The van der Waals surface area contributed by atoms with Gasteiger partial charge in [-0.2, -0.15) is 0 Å². The SMILES string of the molecule is CC(C)c1ccc(NC(=S)NC(=O)C=Cc2ccc(-c3ccc(Cl)cc3)o2)cc1. The molecule has 0 unspecified atom stereocenters. The molecule has 29 heavy (non-hydrogen) atoms. The molecule has 3 aromatic rings. The van der Waals surface area contributed by atoms with E-state index in [1.165, 1.54) is 11.6 Å². The van der Waals surface area contributed by atoms with Gasteiger partial charge in [0, 0.05) is 22.3 Å². The van der Waals surface area contributed by atoms with E-state index in [0.29, 0.717) is 22.5 Å². The highest BCUT2D eigenvalue weighted by molar-refractivity contribution is 7.80. The van der Waals surface area contributed by atoms with Gasteiger partial charge in [0.2, 0.25) is 5.91 Å². The Morgan fingerprint density at radius 2 is 1.72 bits per heavy atom. The third-order valence-electron chi connectivity index (χ3n) is 4.23. The fourth-order valence-corrected chi connectivity index (χ4v) is 2.98. The molecule has 0 saturated heterocycles. The zero-order valence-electron chi connectivity index (χ0n) is 16.1. The second kappa shape index (κ2) is 9.54. The van der Waals surface area contributed by atoms with Crippen molar-refractivity contribution in [3.63, 3.8) is 0 Å². The molecule has 2 N–H and O–H groups in total. The van der Waals surface area contributed by atoms with E-state index in [9.17, 15) is 4.79 Å². The van der Waals surface area contributed by atoms with E-state index in [2.05, 4.69) is 24.5 Å². The van der Waals surface area contributed by atoms with Crippen molar-refractivity contribution >= 4 is 46.6 Å². The Bertz CT molecular complexity index is 1020. The summed E-state index contributed by atoms with van der Waals surface area (Å²) in [6.45, 7) is 4.27. The lowest BCUT2D eigenvalue weighted by atomic mass is 10.0. The first-order chi connectivity index (χ1) is 13.9. The molecule has 0 fully saturated rings. The summed E-state index contributed by atoms with van der Waals surface area (Å²) in [5, 5.41) is 6.52. The van der Waals surface area contributed by atoms with Gasteiger partial charge in [0.25, 0.3) is 0 Å². The molecular weight excluding hydrogens is 404 g/mol. The average Bonchev–Trinajstić information content (AvgIpc) is 3.16. The fraction of sp³-hybridized carbons (Fsp3) is 0.130. The van der Waals surface area contributed by atoms with Crippen LogP contribution in [0, 0.1) is 0 Å². The number of nitrogens with one attached hydrogen (secondary N) is 2. The molecule has 0 saturated carbocycles. The highest BCUT2D eigenvalue weighted by Crippen LogP contribution is 2.24. The van der Waals surface area contributed by atoms with Crippen molar-refractivity contribution in [2.75, 3.05) is 5.32 Å². The van der Waals surface area contributed by atoms with E-state index in [1.54, 1.807) is 24.3 Å². The normalized spacial score (nSPS) is 11.0. The highest BCUT2D eigenvalue weighted by Gasteiger charge is 2.05. The number of anilines is 1. The number of amides is 1. The highest BCUT2D eigenvalue weighted by atomic mass is 35.5. The van der Waals surface area contributed by atoms with Gasteiger partial charge in [-0.25, -0.2) is 0 Å². The van der Waals surface area contributed by atoms with Gasteiger partial charge in [0.15, 0.2) is 5.11 Å². The van der Waals surface area contributed by atoms with E-state index in [-0.39, 0.29) is 11.0 Å². The Kier molecular flexibility index (Phi) is 6.86. The number of carbonyl (C=O) groups excluding carboxylic acids is 1. The second-order valence-electron chi connectivity index (χ2n) is 6.76. The standard InChI is InChI=1S/C23H21ClN2O2S/c1-15(2)16-5-9-19(10-6-16)25-23(29)26-22(27)14-12-20-11-13-21(28-20)17-3-7-18(24)8-4-17/h3-15H,1-2H3,(H2,25,26,27,29). The zero-order valence-corrected chi connectivity index (χ0v) is 17.7. The predicted molar refractivity (Wildman–Crippen MR) is 123 cm³/mol. The first-order valence-electron chi connectivity index (χ1n) is 9.16. The van der Waals surface area contributed by atoms with Crippen LogP contribution in [0.4, 0.5) is 5.69 Å². The molecule has 6 heteroatoms. The maximum Gasteiger partial charge on any atom is 0.250 e. The molecule has 3 rings (SSSR count). The molecule has 1 heterocycles. The minimum atomic E-state index is -0.342. The topological polar surface area (TPSA) is 54.3 Å². The van der Waals surface area contributed by atoms with Gasteiger partial charge < -0.3 is 9.73 Å². The van der Waals surface area contributed by atoms with Gasteiger partial charge in [-0.3, -0.25) is 10.1 Å². The van der Waals surface area contributed by atoms with Crippen molar-refractivity contribution in [2.24, 2.45) is 0 Å². The van der Waals surface area contributed by atoms with Crippen LogP contribution in [0.3, 0.4) is 0 Å².